The minimum Gasteiger partial charge on any atom is -0.324 e. The molecule has 0 spiro atoms. The molecule has 2 amide bonds. The second-order valence-electron chi connectivity index (χ2n) is 5.37. The lowest BCUT2D eigenvalue weighted by atomic mass is 9.96. The highest BCUT2D eigenvalue weighted by Gasteiger charge is 2.32. The van der Waals surface area contributed by atoms with Crippen LogP contribution in [0, 0.1) is 5.92 Å². The molecule has 0 aromatic rings. The molecule has 0 N–H and O–H groups in total. The minimum absolute atomic E-state index is 0.228. The van der Waals surface area contributed by atoms with Gasteiger partial charge in [-0.15, -0.1) is 0 Å². The molecule has 0 aromatic heterocycles. The van der Waals surface area contributed by atoms with Crippen molar-refractivity contribution < 1.29 is 4.79 Å². The van der Waals surface area contributed by atoms with Crippen molar-refractivity contribution in [1.29, 1.82) is 0 Å². The lowest BCUT2D eigenvalue weighted by Crippen LogP contribution is -2.39. The van der Waals surface area contributed by atoms with Gasteiger partial charge < -0.3 is 4.90 Å². The van der Waals surface area contributed by atoms with E-state index in [4.69, 9.17) is 0 Å². The molecule has 3 heteroatoms. The lowest BCUT2D eigenvalue weighted by Gasteiger charge is -2.26. The highest BCUT2D eigenvalue weighted by atomic mass is 16.2. The van der Waals surface area contributed by atoms with Crippen molar-refractivity contribution in [3.63, 3.8) is 0 Å². The Morgan fingerprint density at radius 3 is 2.58 bits per heavy atom. The average molecular weight is 262 g/mol. The highest BCUT2D eigenvalue weighted by molar-refractivity contribution is 5.78. The molecule has 3 rings (SSSR count). The molecule has 0 radical (unpaired) electrons. The van der Waals surface area contributed by atoms with Gasteiger partial charge in [-0.2, -0.15) is 0 Å². The van der Waals surface area contributed by atoms with Crippen LogP contribution in [0.4, 0.5) is 4.79 Å². The molecular weight excluding hydrogens is 236 g/mol. The van der Waals surface area contributed by atoms with Crippen LogP contribution >= 0.6 is 0 Å². The van der Waals surface area contributed by atoms with Crippen LogP contribution in [0.3, 0.4) is 0 Å². The monoisotopic (exact) mass is 262 g/mol. The topological polar surface area (TPSA) is 23.6 Å². The van der Waals surface area contributed by atoms with Gasteiger partial charge in [0.2, 0.25) is 0 Å². The molecule has 1 unspecified atom stereocenters. The molecule has 0 bridgehead atoms. The standard InChI is InChI=1S/C14H20N2O.C2H6/c1-11-4-5-13-12(10-11)6-9-16(13)14(17)15-7-2-3-8-15;1-2/h5,10-11H,2-4,6-9H2,1H3;1-2H3. The molecule has 3 aliphatic rings. The van der Waals surface area contributed by atoms with E-state index in [-0.39, 0.29) is 6.03 Å². The Balaban J connectivity index is 0.000000637. The van der Waals surface area contributed by atoms with Gasteiger partial charge in [0, 0.05) is 25.3 Å². The Bertz CT molecular complexity index is 392. The number of amides is 2. The van der Waals surface area contributed by atoms with Gasteiger partial charge in [0.15, 0.2) is 0 Å². The van der Waals surface area contributed by atoms with E-state index >= 15 is 0 Å². The van der Waals surface area contributed by atoms with Crippen LogP contribution < -0.4 is 0 Å². The third kappa shape index (κ3) is 2.85. The van der Waals surface area contributed by atoms with Gasteiger partial charge in [0.25, 0.3) is 0 Å². The molecule has 2 heterocycles. The summed E-state index contributed by atoms with van der Waals surface area (Å²) in [6, 6.07) is 0.228. The summed E-state index contributed by atoms with van der Waals surface area (Å²) < 4.78 is 0. The number of nitrogens with zero attached hydrogens (tertiary/aromatic N) is 2. The number of urea groups is 1. The summed E-state index contributed by atoms with van der Waals surface area (Å²) in [6.07, 6.45) is 9.03. The Morgan fingerprint density at radius 2 is 1.89 bits per heavy atom. The smallest absolute Gasteiger partial charge is 0.324 e. The third-order valence-electron chi connectivity index (χ3n) is 4.00. The molecular formula is C16H26N2O. The number of hydrogen-bond donors (Lipinski definition) is 0. The van der Waals surface area contributed by atoms with E-state index in [1.165, 1.54) is 24.1 Å². The summed E-state index contributed by atoms with van der Waals surface area (Å²) in [5.41, 5.74) is 2.58. The van der Waals surface area contributed by atoms with Gasteiger partial charge in [0.05, 0.1) is 0 Å². The first-order valence-corrected chi connectivity index (χ1v) is 7.73. The highest BCUT2D eigenvalue weighted by Crippen LogP contribution is 2.34. The molecule has 2 aliphatic heterocycles. The van der Waals surface area contributed by atoms with Crippen LogP contribution in [0.5, 0.6) is 0 Å². The van der Waals surface area contributed by atoms with Gasteiger partial charge in [-0.3, -0.25) is 4.90 Å². The van der Waals surface area contributed by atoms with Crippen molar-refractivity contribution in [3.05, 3.63) is 23.4 Å². The number of carbonyl (C=O) groups excluding carboxylic acids is 1. The number of fused-ring (bicyclic) bond motifs is 1. The van der Waals surface area contributed by atoms with Crippen LogP contribution in [-0.4, -0.2) is 35.5 Å². The average Bonchev–Trinajstić information content (AvgIpc) is 3.09. The second kappa shape index (κ2) is 6.27. The molecule has 106 valence electrons. The van der Waals surface area contributed by atoms with E-state index in [2.05, 4.69) is 19.1 Å². The fourth-order valence-electron chi connectivity index (χ4n) is 3.05. The van der Waals surface area contributed by atoms with E-state index < -0.39 is 0 Å². The molecule has 19 heavy (non-hydrogen) atoms. The van der Waals surface area contributed by atoms with E-state index in [0.717, 1.165) is 32.5 Å². The predicted octanol–water partition coefficient (Wildman–Crippen LogP) is 3.78. The zero-order valence-corrected chi connectivity index (χ0v) is 12.5. The number of carbonyl (C=O) groups is 1. The molecule has 1 aliphatic carbocycles. The summed E-state index contributed by atoms with van der Waals surface area (Å²) >= 11 is 0. The van der Waals surface area contributed by atoms with Crippen molar-refractivity contribution in [3.8, 4) is 0 Å². The van der Waals surface area contributed by atoms with Gasteiger partial charge in [-0.1, -0.05) is 32.9 Å². The summed E-state index contributed by atoms with van der Waals surface area (Å²) in [7, 11) is 0. The maximum Gasteiger partial charge on any atom is 0.324 e. The molecule has 1 atom stereocenters. The van der Waals surface area contributed by atoms with Gasteiger partial charge in [-0.25, -0.2) is 4.79 Å². The van der Waals surface area contributed by atoms with Crippen LogP contribution in [0.2, 0.25) is 0 Å². The molecule has 2 saturated heterocycles. The second-order valence-corrected chi connectivity index (χ2v) is 5.37. The van der Waals surface area contributed by atoms with Gasteiger partial charge in [0.1, 0.15) is 0 Å². The molecule has 3 nitrogen and oxygen atoms in total. The van der Waals surface area contributed by atoms with Crippen LogP contribution in [0.1, 0.15) is 46.5 Å². The molecule has 0 aromatic carbocycles. The lowest BCUT2D eigenvalue weighted by molar-refractivity contribution is 0.181. The van der Waals surface area contributed by atoms with E-state index in [1.807, 2.05) is 23.6 Å². The van der Waals surface area contributed by atoms with Crippen molar-refractivity contribution in [2.24, 2.45) is 5.92 Å². The normalized spacial score (nSPS) is 25.3. The SMILES string of the molecule is CC.CC1C=C2CCN(C(=O)N3CCCC3)C2=CC1. The first-order chi connectivity index (χ1) is 9.25. The van der Waals surface area contributed by atoms with Crippen molar-refractivity contribution in [2.75, 3.05) is 19.6 Å². The van der Waals surface area contributed by atoms with Crippen LogP contribution in [0.25, 0.3) is 0 Å². The Labute approximate surface area is 117 Å². The summed E-state index contributed by atoms with van der Waals surface area (Å²) in [5, 5.41) is 0. The Kier molecular flexibility index (Phi) is 4.67. The quantitative estimate of drug-likeness (QED) is 0.651. The predicted molar refractivity (Wildman–Crippen MR) is 78.8 cm³/mol. The zero-order valence-electron chi connectivity index (χ0n) is 12.5. The zero-order chi connectivity index (χ0) is 13.8. The van der Waals surface area contributed by atoms with Crippen LogP contribution in [-0.2, 0) is 0 Å². The maximum atomic E-state index is 12.4. The van der Waals surface area contributed by atoms with Gasteiger partial charge in [-0.05, 0) is 37.2 Å². The maximum absolute atomic E-state index is 12.4. The third-order valence-corrected chi connectivity index (χ3v) is 4.00. The van der Waals surface area contributed by atoms with Crippen molar-refractivity contribution in [1.82, 2.24) is 9.80 Å². The number of rotatable bonds is 0. The summed E-state index contributed by atoms with van der Waals surface area (Å²) in [5.74, 6) is 0.635. The first-order valence-electron chi connectivity index (χ1n) is 7.73. The summed E-state index contributed by atoms with van der Waals surface area (Å²) in [6.45, 7) is 9.00. The summed E-state index contributed by atoms with van der Waals surface area (Å²) in [4.78, 5) is 16.4. The van der Waals surface area contributed by atoms with Gasteiger partial charge >= 0.3 is 6.03 Å². The fraction of sp³-hybridized carbons (Fsp3) is 0.688. The first kappa shape index (κ1) is 14.2. The minimum atomic E-state index is 0.228. The van der Waals surface area contributed by atoms with Crippen LogP contribution in [0.15, 0.2) is 23.4 Å². The Morgan fingerprint density at radius 1 is 1.21 bits per heavy atom. The Hall–Kier alpha value is -1.25. The number of allylic oxidation sites excluding steroid dienone is 3. The van der Waals surface area contributed by atoms with Crippen molar-refractivity contribution in [2.45, 2.75) is 46.5 Å². The number of likely N-dealkylation sites (tertiary alicyclic amines) is 2. The van der Waals surface area contributed by atoms with E-state index in [1.54, 1.807) is 0 Å². The molecule has 2 fully saturated rings. The fourth-order valence-corrected chi connectivity index (χ4v) is 3.05. The molecule has 0 saturated carbocycles. The van der Waals surface area contributed by atoms with E-state index in [0.29, 0.717) is 5.92 Å². The van der Waals surface area contributed by atoms with E-state index in [9.17, 15) is 4.79 Å². The number of hydrogen-bond acceptors (Lipinski definition) is 1. The van der Waals surface area contributed by atoms with Crippen molar-refractivity contribution >= 4 is 6.03 Å². The largest absolute Gasteiger partial charge is 0.324 e.